The van der Waals surface area contributed by atoms with Crippen LogP contribution < -0.4 is 4.72 Å². The van der Waals surface area contributed by atoms with Crippen molar-refractivity contribution in [3.05, 3.63) is 29.3 Å². The lowest BCUT2D eigenvalue weighted by Gasteiger charge is -2.28. The number of benzene rings is 1. The van der Waals surface area contributed by atoms with E-state index < -0.39 is 10.0 Å². The second-order valence-electron chi connectivity index (χ2n) is 5.09. The SMILES string of the molecule is CCCS(=O)(=O)Nc1ccc2c(c1)CN(C(C)=O)CC2. The topological polar surface area (TPSA) is 66.5 Å². The van der Waals surface area contributed by atoms with Crippen LogP contribution in [-0.2, 0) is 27.8 Å². The average Bonchev–Trinajstić information content (AvgIpc) is 2.37. The van der Waals surface area contributed by atoms with Gasteiger partial charge in [0, 0.05) is 25.7 Å². The summed E-state index contributed by atoms with van der Waals surface area (Å²) in [6, 6.07) is 5.56. The summed E-state index contributed by atoms with van der Waals surface area (Å²) in [7, 11) is -3.27. The molecule has 5 nitrogen and oxygen atoms in total. The molecule has 1 amide bonds. The molecule has 1 heterocycles. The van der Waals surface area contributed by atoms with Gasteiger partial charge in [-0.2, -0.15) is 0 Å². The van der Waals surface area contributed by atoms with Crippen molar-refractivity contribution >= 4 is 21.6 Å². The van der Waals surface area contributed by atoms with Gasteiger partial charge >= 0.3 is 0 Å². The van der Waals surface area contributed by atoms with Crippen LogP contribution >= 0.6 is 0 Å². The molecule has 0 aromatic heterocycles. The van der Waals surface area contributed by atoms with Crippen LogP contribution in [0.15, 0.2) is 18.2 Å². The van der Waals surface area contributed by atoms with Crippen molar-refractivity contribution in [1.29, 1.82) is 0 Å². The molecule has 0 saturated carbocycles. The lowest BCUT2D eigenvalue weighted by Crippen LogP contribution is -2.34. The van der Waals surface area contributed by atoms with Crippen molar-refractivity contribution in [3.8, 4) is 0 Å². The number of hydrogen-bond donors (Lipinski definition) is 1. The third-order valence-corrected chi connectivity index (χ3v) is 4.90. The molecule has 0 radical (unpaired) electrons. The standard InChI is InChI=1S/C14H20N2O3S/c1-3-8-20(18,19)15-14-5-4-12-6-7-16(11(2)17)10-13(12)9-14/h4-5,9,15H,3,6-8,10H2,1-2H3. The van der Waals surface area contributed by atoms with Crippen LogP contribution in [0.3, 0.4) is 0 Å². The zero-order valence-electron chi connectivity index (χ0n) is 11.8. The second-order valence-corrected chi connectivity index (χ2v) is 6.94. The molecule has 20 heavy (non-hydrogen) atoms. The Bertz CT molecular complexity index is 611. The van der Waals surface area contributed by atoms with Crippen LogP contribution in [0, 0.1) is 0 Å². The van der Waals surface area contributed by atoms with E-state index in [2.05, 4.69) is 4.72 Å². The number of anilines is 1. The molecule has 1 aliphatic rings. The fourth-order valence-corrected chi connectivity index (χ4v) is 3.51. The van der Waals surface area contributed by atoms with E-state index in [0.29, 0.717) is 18.7 Å². The molecule has 0 saturated heterocycles. The van der Waals surface area contributed by atoms with Gasteiger partial charge in [-0.15, -0.1) is 0 Å². The Kier molecular flexibility index (Phi) is 4.32. The van der Waals surface area contributed by atoms with Gasteiger partial charge in [0.15, 0.2) is 0 Å². The van der Waals surface area contributed by atoms with Crippen molar-refractivity contribution < 1.29 is 13.2 Å². The van der Waals surface area contributed by atoms with Gasteiger partial charge in [-0.1, -0.05) is 13.0 Å². The first-order chi connectivity index (χ1) is 9.41. The molecular weight excluding hydrogens is 276 g/mol. The van der Waals surface area contributed by atoms with Crippen LogP contribution in [0.1, 0.15) is 31.4 Å². The number of carbonyl (C=O) groups is 1. The molecule has 0 bridgehead atoms. The Hall–Kier alpha value is -1.56. The highest BCUT2D eigenvalue weighted by Gasteiger charge is 2.19. The molecule has 2 rings (SSSR count). The normalized spacial score (nSPS) is 14.8. The van der Waals surface area contributed by atoms with E-state index in [-0.39, 0.29) is 11.7 Å². The fraction of sp³-hybridized carbons (Fsp3) is 0.500. The van der Waals surface area contributed by atoms with E-state index in [9.17, 15) is 13.2 Å². The van der Waals surface area contributed by atoms with Crippen LogP contribution in [0.4, 0.5) is 5.69 Å². The minimum absolute atomic E-state index is 0.0487. The zero-order chi connectivity index (χ0) is 14.8. The number of rotatable bonds is 4. The molecule has 0 unspecified atom stereocenters. The molecule has 0 atom stereocenters. The van der Waals surface area contributed by atoms with Gasteiger partial charge in [-0.25, -0.2) is 8.42 Å². The van der Waals surface area contributed by atoms with Crippen molar-refractivity contribution in [2.75, 3.05) is 17.0 Å². The summed E-state index contributed by atoms with van der Waals surface area (Å²) in [5.74, 6) is 0.163. The van der Waals surface area contributed by atoms with Crippen molar-refractivity contribution in [2.24, 2.45) is 0 Å². The molecule has 6 heteroatoms. The van der Waals surface area contributed by atoms with Gasteiger partial charge in [0.05, 0.1) is 5.75 Å². The number of amides is 1. The largest absolute Gasteiger partial charge is 0.338 e. The summed E-state index contributed by atoms with van der Waals surface area (Å²) >= 11 is 0. The first kappa shape index (κ1) is 14.8. The number of nitrogens with one attached hydrogen (secondary N) is 1. The third kappa shape index (κ3) is 3.50. The monoisotopic (exact) mass is 296 g/mol. The smallest absolute Gasteiger partial charge is 0.232 e. The van der Waals surface area contributed by atoms with Gasteiger partial charge in [0.1, 0.15) is 0 Å². The van der Waals surface area contributed by atoms with Gasteiger partial charge < -0.3 is 4.90 Å². The minimum Gasteiger partial charge on any atom is -0.338 e. The first-order valence-electron chi connectivity index (χ1n) is 6.79. The Labute approximate surface area is 120 Å². The van der Waals surface area contributed by atoms with Gasteiger partial charge in [-0.05, 0) is 36.1 Å². The molecule has 0 spiro atoms. The van der Waals surface area contributed by atoms with Crippen molar-refractivity contribution in [3.63, 3.8) is 0 Å². The predicted molar refractivity (Wildman–Crippen MR) is 78.9 cm³/mol. The highest BCUT2D eigenvalue weighted by Crippen LogP contribution is 2.23. The molecule has 1 aromatic rings. The predicted octanol–water partition coefficient (Wildman–Crippen LogP) is 1.74. The van der Waals surface area contributed by atoms with E-state index in [0.717, 1.165) is 18.5 Å². The minimum atomic E-state index is -3.27. The molecule has 1 aromatic carbocycles. The van der Waals surface area contributed by atoms with E-state index in [1.165, 1.54) is 5.56 Å². The van der Waals surface area contributed by atoms with Gasteiger partial charge in [-0.3, -0.25) is 9.52 Å². The lowest BCUT2D eigenvalue weighted by molar-refractivity contribution is -0.129. The molecule has 1 aliphatic heterocycles. The van der Waals surface area contributed by atoms with E-state index in [4.69, 9.17) is 0 Å². The summed E-state index contributed by atoms with van der Waals surface area (Å²) < 4.78 is 26.1. The highest BCUT2D eigenvalue weighted by molar-refractivity contribution is 7.92. The Balaban J connectivity index is 2.19. The van der Waals surface area contributed by atoms with Gasteiger partial charge in [0.25, 0.3) is 0 Å². The summed E-state index contributed by atoms with van der Waals surface area (Å²) in [4.78, 5) is 13.2. The zero-order valence-corrected chi connectivity index (χ0v) is 12.7. The van der Waals surface area contributed by atoms with Gasteiger partial charge in [0.2, 0.25) is 15.9 Å². The summed E-state index contributed by atoms with van der Waals surface area (Å²) in [6.45, 7) is 4.66. The average molecular weight is 296 g/mol. The number of sulfonamides is 1. The van der Waals surface area contributed by atoms with E-state index in [1.54, 1.807) is 17.9 Å². The molecule has 1 N–H and O–H groups in total. The maximum atomic E-state index is 11.8. The lowest BCUT2D eigenvalue weighted by atomic mass is 9.99. The summed E-state index contributed by atoms with van der Waals surface area (Å²) in [5.41, 5.74) is 2.77. The molecule has 110 valence electrons. The fourth-order valence-electron chi connectivity index (χ4n) is 2.39. The van der Waals surface area contributed by atoms with E-state index >= 15 is 0 Å². The third-order valence-electron chi connectivity index (χ3n) is 3.41. The Morgan fingerprint density at radius 2 is 2.10 bits per heavy atom. The van der Waals surface area contributed by atoms with Crippen LogP contribution in [0.2, 0.25) is 0 Å². The number of nitrogens with zero attached hydrogens (tertiary/aromatic N) is 1. The summed E-state index contributed by atoms with van der Waals surface area (Å²) in [6.07, 6.45) is 1.40. The highest BCUT2D eigenvalue weighted by atomic mass is 32.2. The van der Waals surface area contributed by atoms with Crippen molar-refractivity contribution in [1.82, 2.24) is 4.90 Å². The maximum Gasteiger partial charge on any atom is 0.232 e. The van der Waals surface area contributed by atoms with Crippen LogP contribution in [-0.4, -0.2) is 31.5 Å². The Morgan fingerprint density at radius 3 is 2.75 bits per heavy atom. The molecule has 0 fully saturated rings. The molecular formula is C14H20N2O3S. The Morgan fingerprint density at radius 1 is 1.35 bits per heavy atom. The maximum absolute atomic E-state index is 11.8. The van der Waals surface area contributed by atoms with Crippen LogP contribution in [0.5, 0.6) is 0 Å². The number of fused-ring (bicyclic) bond motifs is 1. The number of carbonyl (C=O) groups excluding carboxylic acids is 1. The number of hydrogen-bond acceptors (Lipinski definition) is 3. The van der Waals surface area contributed by atoms with Crippen molar-refractivity contribution in [2.45, 2.75) is 33.2 Å². The summed E-state index contributed by atoms with van der Waals surface area (Å²) in [5, 5.41) is 0. The first-order valence-corrected chi connectivity index (χ1v) is 8.44. The second kappa shape index (κ2) is 5.83. The molecule has 0 aliphatic carbocycles. The van der Waals surface area contributed by atoms with E-state index in [1.807, 2.05) is 19.1 Å². The quantitative estimate of drug-likeness (QED) is 0.920. The van der Waals surface area contributed by atoms with Crippen LogP contribution in [0.25, 0.3) is 0 Å².